The van der Waals surface area contributed by atoms with E-state index in [1.165, 1.54) is 44.3 Å². The maximum absolute atomic E-state index is 2.27. The lowest BCUT2D eigenvalue weighted by atomic mass is 10.0. The smallest absolute Gasteiger partial charge is 0.0528 e. The number of rotatable bonds is 3. The zero-order valence-electron chi connectivity index (χ0n) is 16.4. The minimum Gasteiger partial charge on any atom is -0.317 e. The highest BCUT2D eigenvalue weighted by Crippen LogP contribution is 2.28. The molecule has 0 amide bonds. The Morgan fingerprint density at radius 2 is 1.00 bits per heavy atom. The van der Waals surface area contributed by atoms with Gasteiger partial charge in [0.15, 0.2) is 0 Å². The molecule has 0 aliphatic carbocycles. The molecule has 2 aromatic heterocycles. The molecule has 2 nitrogen and oxygen atoms in total. The molecule has 4 aromatic carbocycles. The number of para-hydroxylation sites is 2. The Bertz CT molecular complexity index is 1470. The molecule has 0 bridgehead atoms. The number of hydrogen-bond donors (Lipinski definition) is 0. The van der Waals surface area contributed by atoms with Crippen LogP contribution in [0, 0.1) is 0 Å². The van der Waals surface area contributed by atoms with Crippen molar-refractivity contribution >= 4 is 21.8 Å². The largest absolute Gasteiger partial charge is 0.317 e. The van der Waals surface area contributed by atoms with Gasteiger partial charge in [0.05, 0.1) is 11.0 Å². The Labute approximate surface area is 175 Å². The van der Waals surface area contributed by atoms with Crippen molar-refractivity contribution in [3.8, 4) is 22.5 Å². The fourth-order valence-corrected chi connectivity index (χ4v) is 4.26. The molecule has 0 spiro atoms. The van der Waals surface area contributed by atoms with E-state index in [4.69, 9.17) is 0 Å². The molecule has 142 valence electrons. The van der Waals surface area contributed by atoms with Gasteiger partial charge in [-0.2, -0.15) is 0 Å². The van der Waals surface area contributed by atoms with Gasteiger partial charge in [-0.15, -0.1) is 0 Å². The SMILES string of the molecule is c1ccc(-n2ccc3cc(-c4ccc(-n5ccc6ccccc65)cc4)ccc32)cc1. The Balaban J connectivity index is 1.36. The van der Waals surface area contributed by atoms with Crippen LogP contribution < -0.4 is 0 Å². The van der Waals surface area contributed by atoms with E-state index in [-0.39, 0.29) is 0 Å². The highest BCUT2D eigenvalue weighted by molar-refractivity contribution is 5.87. The summed E-state index contributed by atoms with van der Waals surface area (Å²) in [6.07, 6.45) is 4.28. The molecule has 0 saturated carbocycles. The minimum absolute atomic E-state index is 1.18. The van der Waals surface area contributed by atoms with Crippen molar-refractivity contribution in [1.29, 1.82) is 0 Å². The van der Waals surface area contributed by atoms with E-state index >= 15 is 0 Å². The van der Waals surface area contributed by atoms with Crippen LogP contribution in [0.2, 0.25) is 0 Å². The average molecular weight is 384 g/mol. The highest BCUT2D eigenvalue weighted by Gasteiger charge is 2.07. The number of fused-ring (bicyclic) bond motifs is 2. The maximum atomic E-state index is 2.27. The fraction of sp³-hybridized carbons (Fsp3) is 0. The van der Waals surface area contributed by atoms with Crippen LogP contribution in [0.1, 0.15) is 0 Å². The topological polar surface area (TPSA) is 9.86 Å². The van der Waals surface area contributed by atoms with Crippen LogP contribution in [0.15, 0.2) is 122 Å². The molecule has 0 radical (unpaired) electrons. The van der Waals surface area contributed by atoms with Gasteiger partial charge in [0.2, 0.25) is 0 Å². The molecule has 6 aromatic rings. The highest BCUT2D eigenvalue weighted by atomic mass is 15.0. The van der Waals surface area contributed by atoms with Crippen molar-refractivity contribution in [2.45, 2.75) is 0 Å². The lowest BCUT2D eigenvalue weighted by Crippen LogP contribution is -1.92. The minimum atomic E-state index is 1.18. The van der Waals surface area contributed by atoms with E-state index in [9.17, 15) is 0 Å². The molecule has 0 fully saturated rings. The van der Waals surface area contributed by atoms with Gasteiger partial charge in [-0.3, -0.25) is 0 Å². The normalized spacial score (nSPS) is 11.3. The Kier molecular flexibility index (Phi) is 3.82. The van der Waals surface area contributed by atoms with E-state index in [1.54, 1.807) is 0 Å². The number of benzene rings is 4. The van der Waals surface area contributed by atoms with Crippen molar-refractivity contribution in [1.82, 2.24) is 9.13 Å². The first-order valence-corrected chi connectivity index (χ1v) is 10.2. The zero-order chi connectivity index (χ0) is 19.9. The van der Waals surface area contributed by atoms with Crippen molar-refractivity contribution < 1.29 is 0 Å². The summed E-state index contributed by atoms with van der Waals surface area (Å²) < 4.78 is 4.47. The molecular formula is C28H20N2. The van der Waals surface area contributed by atoms with Gasteiger partial charge in [-0.25, -0.2) is 0 Å². The first kappa shape index (κ1) is 16.9. The van der Waals surface area contributed by atoms with Gasteiger partial charge in [-0.05, 0) is 71.1 Å². The maximum Gasteiger partial charge on any atom is 0.0528 e. The summed E-state index contributed by atoms with van der Waals surface area (Å²) in [7, 11) is 0. The monoisotopic (exact) mass is 384 g/mol. The van der Waals surface area contributed by atoms with E-state index in [0.717, 1.165) is 0 Å². The van der Waals surface area contributed by atoms with Crippen LogP contribution in [0.3, 0.4) is 0 Å². The van der Waals surface area contributed by atoms with E-state index in [2.05, 4.69) is 125 Å². The zero-order valence-corrected chi connectivity index (χ0v) is 16.4. The molecule has 2 heteroatoms. The second-order valence-electron chi connectivity index (χ2n) is 7.59. The van der Waals surface area contributed by atoms with Crippen molar-refractivity contribution in [2.24, 2.45) is 0 Å². The lowest BCUT2D eigenvalue weighted by Gasteiger charge is -2.09. The molecule has 2 heterocycles. The van der Waals surface area contributed by atoms with E-state index < -0.39 is 0 Å². The first-order chi connectivity index (χ1) is 14.9. The second-order valence-corrected chi connectivity index (χ2v) is 7.59. The van der Waals surface area contributed by atoms with Crippen LogP contribution in [0.4, 0.5) is 0 Å². The van der Waals surface area contributed by atoms with Crippen LogP contribution >= 0.6 is 0 Å². The molecular weight excluding hydrogens is 364 g/mol. The van der Waals surface area contributed by atoms with Crippen molar-refractivity contribution in [2.75, 3.05) is 0 Å². The Hall–Kier alpha value is -4.04. The van der Waals surface area contributed by atoms with Gasteiger partial charge in [-0.1, -0.05) is 54.6 Å². The summed E-state index contributed by atoms with van der Waals surface area (Å²) in [5.74, 6) is 0. The standard InChI is InChI=1S/C28H20N2/c1-2-7-25(8-3-1)29-19-17-24-20-23(12-15-28(24)29)21-10-13-26(14-11-21)30-18-16-22-6-4-5-9-27(22)30/h1-20H. The van der Waals surface area contributed by atoms with Crippen LogP contribution in [0.25, 0.3) is 44.3 Å². The molecule has 30 heavy (non-hydrogen) atoms. The van der Waals surface area contributed by atoms with Crippen LogP contribution in [-0.2, 0) is 0 Å². The summed E-state index contributed by atoms with van der Waals surface area (Å²) in [6.45, 7) is 0. The van der Waals surface area contributed by atoms with Crippen molar-refractivity contribution in [3.63, 3.8) is 0 Å². The molecule has 0 unspecified atom stereocenters. The summed E-state index contributed by atoms with van der Waals surface area (Å²) in [4.78, 5) is 0. The van der Waals surface area contributed by atoms with Gasteiger partial charge in [0.25, 0.3) is 0 Å². The van der Waals surface area contributed by atoms with Gasteiger partial charge in [0, 0.05) is 29.2 Å². The Morgan fingerprint density at radius 1 is 0.400 bits per heavy atom. The number of nitrogens with zero attached hydrogens (tertiary/aromatic N) is 2. The summed E-state index contributed by atoms with van der Waals surface area (Å²) >= 11 is 0. The molecule has 0 aliphatic rings. The number of aromatic nitrogens is 2. The van der Waals surface area contributed by atoms with E-state index in [1.807, 2.05) is 6.07 Å². The molecule has 0 aliphatic heterocycles. The summed E-state index contributed by atoms with van der Waals surface area (Å²) in [6, 6.07) is 38.8. The van der Waals surface area contributed by atoms with Crippen LogP contribution in [0.5, 0.6) is 0 Å². The molecule has 0 atom stereocenters. The fourth-order valence-electron chi connectivity index (χ4n) is 4.26. The predicted molar refractivity (Wildman–Crippen MR) is 126 cm³/mol. The average Bonchev–Trinajstić information content (AvgIpc) is 3.44. The molecule has 0 saturated heterocycles. The lowest BCUT2D eigenvalue weighted by molar-refractivity contribution is 1.13. The second kappa shape index (κ2) is 6.78. The van der Waals surface area contributed by atoms with Crippen molar-refractivity contribution in [3.05, 3.63) is 122 Å². The summed E-state index contributed by atoms with van der Waals surface area (Å²) in [5, 5.41) is 2.51. The Morgan fingerprint density at radius 3 is 1.80 bits per heavy atom. The number of hydrogen-bond acceptors (Lipinski definition) is 0. The van der Waals surface area contributed by atoms with E-state index in [0.29, 0.717) is 0 Å². The molecule has 6 rings (SSSR count). The third-order valence-electron chi connectivity index (χ3n) is 5.80. The predicted octanol–water partition coefficient (Wildman–Crippen LogP) is 7.24. The van der Waals surface area contributed by atoms with Gasteiger partial charge >= 0.3 is 0 Å². The summed E-state index contributed by atoms with van der Waals surface area (Å²) in [5.41, 5.74) is 7.27. The van der Waals surface area contributed by atoms with Gasteiger partial charge in [0.1, 0.15) is 0 Å². The quantitative estimate of drug-likeness (QED) is 0.304. The van der Waals surface area contributed by atoms with Gasteiger partial charge < -0.3 is 9.13 Å². The molecule has 0 N–H and O–H groups in total. The third kappa shape index (κ3) is 2.73. The third-order valence-corrected chi connectivity index (χ3v) is 5.80. The first-order valence-electron chi connectivity index (χ1n) is 10.2. The van der Waals surface area contributed by atoms with Crippen LogP contribution in [-0.4, -0.2) is 9.13 Å².